The van der Waals surface area contributed by atoms with Gasteiger partial charge in [0.15, 0.2) is 5.13 Å². The number of thiazole rings is 1. The summed E-state index contributed by atoms with van der Waals surface area (Å²) in [5.41, 5.74) is 3.50. The highest BCUT2D eigenvalue weighted by molar-refractivity contribution is 7.21. The third-order valence-corrected chi connectivity index (χ3v) is 4.29. The van der Waals surface area contributed by atoms with Gasteiger partial charge in [0.05, 0.1) is 30.9 Å². The monoisotopic (exact) mass is 365 g/mol. The van der Waals surface area contributed by atoms with Crippen molar-refractivity contribution < 1.29 is 4.74 Å². The van der Waals surface area contributed by atoms with Crippen LogP contribution in [0.15, 0.2) is 55.1 Å². The van der Waals surface area contributed by atoms with Gasteiger partial charge in [0.25, 0.3) is 0 Å². The van der Waals surface area contributed by atoms with Crippen LogP contribution < -0.4 is 10.1 Å². The van der Waals surface area contributed by atoms with E-state index in [2.05, 4.69) is 25.3 Å². The molecule has 0 aliphatic rings. The Kier molecular flexibility index (Phi) is 5.70. The second-order valence-electron chi connectivity index (χ2n) is 5.02. The number of anilines is 2. The van der Waals surface area contributed by atoms with E-state index >= 15 is 0 Å². The largest absolute Gasteiger partial charge is 0.495 e. The lowest BCUT2D eigenvalue weighted by Gasteiger charge is -2.02. The van der Waals surface area contributed by atoms with Crippen LogP contribution >= 0.6 is 11.3 Å². The maximum Gasteiger partial charge on any atom is 0.189 e. The summed E-state index contributed by atoms with van der Waals surface area (Å²) in [6.45, 7) is 4.00. The summed E-state index contributed by atoms with van der Waals surface area (Å²) in [5.74, 6) is 0.706. The average molecular weight is 365 g/mol. The van der Waals surface area contributed by atoms with Gasteiger partial charge < -0.3 is 10.1 Å². The third-order valence-electron chi connectivity index (χ3n) is 3.41. The van der Waals surface area contributed by atoms with E-state index in [1.165, 1.54) is 11.3 Å². The first-order chi connectivity index (χ1) is 12.8. The number of nitrogens with one attached hydrogen (secondary N) is 1. The van der Waals surface area contributed by atoms with E-state index in [0.29, 0.717) is 5.75 Å². The van der Waals surface area contributed by atoms with Gasteiger partial charge in [-0.15, -0.1) is 0 Å². The molecule has 26 heavy (non-hydrogen) atoms. The van der Waals surface area contributed by atoms with Gasteiger partial charge in [-0.1, -0.05) is 25.2 Å². The van der Waals surface area contributed by atoms with Crippen LogP contribution in [-0.4, -0.2) is 27.0 Å². The maximum absolute atomic E-state index is 5.22. The molecule has 4 heterocycles. The molecule has 6 nitrogen and oxygen atoms in total. The smallest absolute Gasteiger partial charge is 0.189 e. The molecular weight excluding hydrogens is 346 g/mol. The Bertz CT molecular complexity index is 988. The molecule has 4 aromatic heterocycles. The number of aromatic nitrogens is 4. The van der Waals surface area contributed by atoms with Crippen LogP contribution in [0.5, 0.6) is 5.75 Å². The molecule has 4 rings (SSSR count). The highest BCUT2D eigenvalue weighted by Gasteiger charge is 2.08. The van der Waals surface area contributed by atoms with E-state index in [9.17, 15) is 0 Å². The molecule has 0 spiro atoms. The van der Waals surface area contributed by atoms with Gasteiger partial charge in [-0.3, -0.25) is 9.97 Å². The molecule has 4 aromatic rings. The Morgan fingerprint density at radius 2 is 1.88 bits per heavy atom. The second-order valence-corrected chi connectivity index (χ2v) is 6.00. The second kappa shape index (κ2) is 8.35. The molecule has 0 radical (unpaired) electrons. The van der Waals surface area contributed by atoms with E-state index in [1.54, 1.807) is 31.9 Å². The molecule has 0 saturated heterocycles. The number of ether oxygens (including phenoxy) is 1. The first-order valence-electron chi connectivity index (χ1n) is 8.26. The van der Waals surface area contributed by atoms with Gasteiger partial charge in [-0.25, -0.2) is 9.97 Å². The predicted octanol–water partition coefficient (Wildman–Crippen LogP) is 4.93. The van der Waals surface area contributed by atoms with Crippen LogP contribution in [0.2, 0.25) is 0 Å². The van der Waals surface area contributed by atoms with Crippen molar-refractivity contribution in [1.82, 2.24) is 19.9 Å². The molecule has 0 atom stereocenters. The van der Waals surface area contributed by atoms with Crippen LogP contribution in [-0.2, 0) is 0 Å². The first-order valence-corrected chi connectivity index (χ1v) is 9.07. The molecule has 0 aromatic carbocycles. The van der Waals surface area contributed by atoms with E-state index in [1.807, 2.05) is 44.2 Å². The van der Waals surface area contributed by atoms with Crippen LogP contribution in [0.3, 0.4) is 0 Å². The van der Waals surface area contributed by atoms with Gasteiger partial charge in [0.1, 0.15) is 16.1 Å². The molecule has 0 saturated carbocycles. The normalized spacial score (nSPS) is 10.1. The topological polar surface area (TPSA) is 72.8 Å². The zero-order valence-electron chi connectivity index (χ0n) is 14.8. The average Bonchev–Trinajstić information content (AvgIpc) is 3.11. The van der Waals surface area contributed by atoms with E-state index in [-0.39, 0.29) is 0 Å². The maximum atomic E-state index is 5.22. The molecule has 132 valence electrons. The molecule has 0 bridgehead atoms. The van der Waals surface area contributed by atoms with Gasteiger partial charge in [0, 0.05) is 18.0 Å². The number of pyridine rings is 3. The minimum absolute atomic E-state index is 0.706. The zero-order valence-corrected chi connectivity index (χ0v) is 15.6. The number of methoxy groups -OCH3 is 1. The highest BCUT2D eigenvalue weighted by atomic mass is 32.1. The Labute approximate surface area is 156 Å². The fourth-order valence-electron chi connectivity index (χ4n) is 2.26. The number of fused-ring (bicyclic) bond motifs is 1. The Hall–Kier alpha value is -3.06. The van der Waals surface area contributed by atoms with Gasteiger partial charge in [-0.05, 0) is 30.3 Å². The lowest BCUT2D eigenvalue weighted by Crippen LogP contribution is -1.89. The van der Waals surface area contributed by atoms with Crippen molar-refractivity contribution >= 4 is 32.5 Å². The predicted molar refractivity (Wildman–Crippen MR) is 106 cm³/mol. The summed E-state index contributed by atoms with van der Waals surface area (Å²) in [4.78, 5) is 18.4. The number of rotatable bonds is 4. The van der Waals surface area contributed by atoms with Crippen molar-refractivity contribution in [1.29, 1.82) is 0 Å². The molecule has 0 fully saturated rings. The highest BCUT2D eigenvalue weighted by Crippen LogP contribution is 2.29. The van der Waals surface area contributed by atoms with Crippen LogP contribution in [0.25, 0.3) is 21.6 Å². The molecule has 0 aliphatic heterocycles. The Balaban J connectivity index is 0.000000948. The van der Waals surface area contributed by atoms with Crippen molar-refractivity contribution in [3.05, 3.63) is 55.1 Å². The van der Waals surface area contributed by atoms with Crippen LogP contribution in [0.4, 0.5) is 10.8 Å². The van der Waals surface area contributed by atoms with E-state index < -0.39 is 0 Å². The summed E-state index contributed by atoms with van der Waals surface area (Å²) in [6, 6.07) is 9.63. The quantitative estimate of drug-likeness (QED) is 0.553. The molecule has 1 N–H and O–H groups in total. The van der Waals surface area contributed by atoms with Crippen molar-refractivity contribution in [2.75, 3.05) is 12.4 Å². The van der Waals surface area contributed by atoms with Crippen molar-refractivity contribution in [2.24, 2.45) is 0 Å². The van der Waals surface area contributed by atoms with Gasteiger partial charge >= 0.3 is 0 Å². The first kappa shape index (κ1) is 17.8. The van der Waals surface area contributed by atoms with Crippen LogP contribution in [0, 0.1) is 0 Å². The fourth-order valence-corrected chi connectivity index (χ4v) is 3.12. The summed E-state index contributed by atoms with van der Waals surface area (Å²) in [6.07, 6.45) is 6.93. The number of hydrogen-bond donors (Lipinski definition) is 1. The summed E-state index contributed by atoms with van der Waals surface area (Å²) >= 11 is 1.50. The molecular formula is C19H19N5OS. The Morgan fingerprint density at radius 3 is 2.65 bits per heavy atom. The van der Waals surface area contributed by atoms with E-state index in [0.717, 1.165) is 32.4 Å². The number of hydrogen-bond acceptors (Lipinski definition) is 7. The summed E-state index contributed by atoms with van der Waals surface area (Å²) in [5, 5.41) is 4.03. The minimum atomic E-state index is 0.706. The number of nitrogens with zero attached hydrogens (tertiary/aromatic N) is 4. The zero-order chi connectivity index (χ0) is 18.4. The Morgan fingerprint density at radius 1 is 1.00 bits per heavy atom. The molecule has 7 heteroatoms. The lowest BCUT2D eigenvalue weighted by atomic mass is 10.2. The van der Waals surface area contributed by atoms with Crippen molar-refractivity contribution in [3.8, 4) is 17.0 Å². The van der Waals surface area contributed by atoms with Crippen LogP contribution in [0.1, 0.15) is 13.8 Å². The minimum Gasteiger partial charge on any atom is -0.495 e. The van der Waals surface area contributed by atoms with Gasteiger partial charge in [0.2, 0.25) is 0 Å². The lowest BCUT2D eigenvalue weighted by molar-refractivity contribution is 0.413. The van der Waals surface area contributed by atoms with Gasteiger partial charge in [-0.2, -0.15) is 0 Å². The molecule has 0 amide bonds. The standard InChI is InChI=1S/C17H13N5OS.C2H6/c1-23-13-7-11(8-19-10-13)14-4-5-15-16(21-14)24-17(22-15)20-12-3-2-6-18-9-12;1-2/h2-10H,1H3,(H,20,22);1-2H3. The van der Waals surface area contributed by atoms with Crippen molar-refractivity contribution in [2.45, 2.75) is 13.8 Å². The summed E-state index contributed by atoms with van der Waals surface area (Å²) in [7, 11) is 1.62. The molecule has 0 aliphatic carbocycles. The SMILES string of the molecule is CC.COc1cncc(-c2ccc3nc(Nc4cccnc4)sc3n2)c1. The van der Waals surface area contributed by atoms with E-state index in [4.69, 9.17) is 4.74 Å². The summed E-state index contributed by atoms with van der Waals surface area (Å²) < 4.78 is 5.22. The fraction of sp³-hybridized carbons (Fsp3) is 0.158. The molecule has 0 unspecified atom stereocenters. The van der Waals surface area contributed by atoms with Crippen molar-refractivity contribution in [3.63, 3.8) is 0 Å². The third kappa shape index (κ3) is 3.94.